The molecule has 2 aromatic carbocycles. The van der Waals surface area contributed by atoms with Crippen LogP contribution in [0.25, 0.3) is 5.70 Å². The smallest absolute Gasteiger partial charge is 0.428 e. The average Bonchev–Trinajstić information content (AvgIpc) is 3.13. The van der Waals surface area contributed by atoms with Crippen LogP contribution in [0.4, 0.5) is 13.2 Å². The van der Waals surface area contributed by atoms with Gasteiger partial charge in [0.25, 0.3) is 0 Å². The molecular weight excluding hydrogens is 444 g/mol. The Morgan fingerprint density at radius 2 is 1.87 bits per heavy atom. The largest absolute Gasteiger partial charge is 0.465 e. The lowest BCUT2D eigenvalue weighted by Gasteiger charge is -2.28. The van der Waals surface area contributed by atoms with Crippen LogP contribution < -0.4 is 5.48 Å². The Hall–Kier alpha value is -2.73. The summed E-state index contributed by atoms with van der Waals surface area (Å²) in [6.45, 7) is 1.51. The summed E-state index contributed by atoms with van der Waals surface area (Å²) in [6, 6.07) is 8.11. The number of halogens is 5. The molecule has 30 heavy (non-hydrogen) atoms. The fourth-order valence-corrected chi connectivity index (χ4v) is 3.70. The van der Waals surface area contributed by atoms with Crippen molar-refractivity contribution < 1.29 is 27.5 Å². The SMILES string of the molecule is COC(=O)c1ccc(C2=CC(c3cc(Cl)cc(Cl)c3)(C(F)(F)F)ON2)c(C)c1C#N. The van der Waals surface area contributed by atoms with E-state index in [1.807, 2.05) is 6.07 Å². The molecule has 0 amide bonds. The highest BCUT2D eigenvalue weighted by molar-refractivity contribution is 6.34. The van der Waals surface area contributed by atoms with Crippen molar-refractivity contribution in [2.75, 3.05) is 7.11 Å². The fraction of sp³-hybridized carbons (Fsp3) is 0.200. The number of benzene rings is 2. The minimum Gasteiger partial charge on any atom is -0.465 e. The lowest BCUT2D eigenvalue weighted by molar-refractivity contribution is -0.269. The Morgan fingerprint density at radius 1 is 1.23 bits per heavy atom. The first-order valence-electron chi connectivity index (χ1n) is 8.36. The minimum atomic E-state index is -4.87. The maximum absolute atomic E-state index is 14.1. The second-order valence-corrected chi connectivity index (χ2v) is 7.29. The van der Waals surface area contributed by atoms with E-state index < -0.39 is 17.7 Å². The number of rotatable bonds is 3. The first-order chi connectivity index (χ1) is 14.0. The summed E-state index contributed by atoms with van der Waals surface area (Å²) in [5, 5.41) is 9.47. The Bertz CT molecular complexity index is 1090. The van der Waals surface area contributed by atoms with Gasteiger partial charge in [-0.15, -0.1) is 0 Å². The number of hydrogen-bond acceptors (Lipinski definition) is 5. The molecule has 2 aromatic rings. The fourth-order valence-electron chi connectivity index (χ4n) is 3.17. The molecule has 0 radical (unpaired) electrons. The van der Waals surface area contributed by atoms with E-state index in [1.165, 1.54) is 25.1 Å². The van der Waals surface area contributed by atoms with Crippen molar-refractivity contribution in [1.29, 1.82) is 5.26 Å². The minimum absolute atomic E-state index is 0.00414. The predicted molar refractivity (Wildman–Crippen MR) is 104 cm³/mol. The predicted octanol–water partition coefficient (Wildman–Crippen LogP) is 5.29. The van der Waals surface area contributed by atoms with Crippen LogP contribution in [0.2, 0.25) is 10.0 Å². The van der Waals surface area contributed by atoms with Crippen molar-refractivity contribution in [3.05, 3.63) is 74.3 Å². The normalized spacial score (nSPS) is 18.4. The number of ether oxygens (including phenoxy) is 1. The van der Waals surface area contributed by atoms with Crippen molar-refractivity contribution >= 4 is 34.9 Å². The summed E-state index contributed by atoms with van der Waals surface area (Å²) in [7, 11) is 1.16. The van der Waals surface area contributed by atoms with Gasteiger partial charge in [-0.2, -0.15) is 18.4 Å². The maximum atomic E-state index is 14.1. The third kappa shape index (κ3) is 3.60. The highest BCUT2D eigenvalue weighted by Crippen LogP contribution is 2.48. The molecule has 0 aliphatic carbocycles. The van der Waals surface area contributed by atoms with Crippen molar-refractivity contribution in [3.63, 3.8) is 0 Å². The molecule has 1 unspecified atom stereocenters. The Kier molecular flexibility index (Phi) is 5.74. The molecule has 156 valence electrons. The molecule has 3 rings (SSSR count). The van der Waals surface area contributed by atoms with Crippen LogP contribution in [0, 0.1) is 18.3 Å². The molecule has 0 saturated heterocycles. The number of hydrogen-bond donors (Lipinski definition) is 1. The van der Waals surface area contributed by atoms with Gasteiger partial charge in [0.1, 0.15) is 6.07 Å². The van der Waals surface area contributed by atoms with Gasteiger partial charge in [0, 0.05) is 21.2 Å². The van der Waals surface area contributed by atoms with Crippen LogP contribution in [-0.2, 0) is 15.2 Å². The molecule has 0 spiro atoms. The molecule has 1 N–H and O–H groups in total. The van der Waals surface area contributed by atoms with Gasteiger partial charge in [-0.25, -0.2) is 4.79 Å². The number of esters is 1. The molecule has 0 fully saturated rings. The third-order valence-corrected chi connectivity index (χ3v) is 5.09. The van der Waals surface area contributed by atoms with Crippen molar-refractivity contribution in [2.24, 2.45) is 0 Å². The van der Waals surface area contributed by atoms with Crippen LogP contribution in [0.3, 0.4) is 0 Å². The van der Waals surface area contributed by atoms with E-state index in [-0.39, 0.29) is 43.6 Å². The molecule has 1 aliphatic rings. The van der Waals surface area contributed by atoms with E-state index in [1.54, 1.807) is 0 Å². The molecular formula is C20H13Cl2F3N2O3. The van der Waals surface area contributed by atoms with Gasteiger partial charge in [0.05, 0.1) is 23.9 Å². The quantitative estimate of drug-likeness (QED) is 0.634. The van der Waals surface area contributed by atoms with E-state index >= 15 is 0 Å². The molecule has 10 heteroatoms. The van der Waals surface area contributed by atoms with E-state index in [4.69, 9.17) is 28.0 Å². The first kappa shape index (κ1) is 22.0. The number of nitriles is 1. The molecule has 1 atom stereocenters. The van der Waals surface area contributed by atoms with Crippen LogP contribution in [0.5, 0.6) is 0 Å². The summed E-state index contributed by atoms with van der Waals surface area (Å²) in [5.41, 5.74) is -0.407. The maximum Gasteiger partial charge on any atom is 0.428 e. The van der Waals surface area contributed by atoms with Crippen molar-refractivity contribution in [1.82, 2.24) is 5.48 Å². The van der Waals surface area contributed by atoms with Gasteiger partial charge in [-0.05, 0) is 42.8 Å². The molecule has 0 saturated carbocycles. The Morgan fingerprint density at radius 3 is 2.40 bits per heavy atom. The molecule has 1 aliphatic heterocycles. The summed E-state index contributed by atoms with van der Waals surface area (Å²) < 4.78 is 47.0. The second kappa shape index (κ2) is 7.84. The number of alkyl halides is 3. The lowest BCUT2D eigenvalue weighted by Crippen LogP contribution is -2.42. The van der Waals surface area contributed by atoms with Crippen LogP contribution in [0.1, 0.15) is 32.6 Å². The molecule has 5 nitrogen and oxygen atoms in total. The highest BCUT2D eigenvalue weighted by atomic mass is 35.5. The van der Waals surface area contributed by atoms with Gasteiger partial charge in [0.15, 0.2) is 0 Å². The van der Waals surface area contributed by atoms with Crippen molar-refractivity contribution in [2.45, 2.75) is 18.7 Å². The molecule has 1 heterocycles. The third-order valence-electron chi connectivity index (χ3n) is 4.65. The van der Waals surface area contributed by atoms with Gasteiger partial charge in [-0.3, -0.25) is 10.3 Å². The zero-order chi connectivity index (χ0) is 22.3. The number of carbonyl (C=O) groups is 1. The Labute approximate surface area is 179 Å². The molecule has 0 bridgehead atoms. The summed E-state index contributed by atoms with van der Waals surface area (Å²) >= 11 is 11.8. The van der Waals surface area contributed by atoms with Gasteiger partial charge in [0.2, 0.25) is 5.60 Å². The van der Waals surface area contributed by atoms with E-state index in [2.05, 4.69) is 10.2 Å². The monoisotopic (exact) mass is 456 g/mol. The second-order valence-electron chi connectivity index (χ2n) is 6.42. The van der Waals surface area contributed by atoms with Crippen LogP contribution in [0.15, 0.2) is 36.4 Å². The van der Waals surface area contributed by atoms with E-state index in [9.17, 15) is 23.2 Å². The van der Waals surface area contributed by atoms with Gasteiger partial charge >= 0.3 is 12.1 Å². The lowest BCUT2D eigenvalue weighted by atomic mass is 9.90. The highest BCUT2D eigenvalue weighted by Gasteiger charge is 2.59. The number of nitrogens with one attached hydrogen (secondary N) is 1. The van der Waals surface area contributed by atoms with E-state index in [0.717, 1.165) is 25.3 Å². The van der Waals surface area contributed by atoms with E-state index in [0.29, 0.717) is 0 Å². The Balaban J connectivity index is 2.19. The van der Waals surface area contributed by atoms with Crippen LogP contribution >= 0.6 is 23.2 Å². The van der Waals surface area contributed by atoms with Crippen LogP contribution in [-0.4, -0.2) is 19.3 Å². The first-order valence-corrected chi connectivity index (χ1v) is 9.12. The summed E-state index contributed by atoms with van der Waals surface area (Å²) in [5.74, 6) is -0.732. The standard InChI is InChI=1S/C20H13Cl2F3N2O3/c1-10-14(3-4-15(16(10)9-26)18(28)29-2)17-8-19(30-27-17,20(23,24)25)11-5-12(21)7-13(22)6-11/h3-8,27H,1-2H3. The summed E-state index contributed by atoms with van der Waals surface area (Å²) in [4.78, 5) is 16.9. The molecule has 0 aromatic heterocycles. The zero-order valence-electron chi connectivity index (χ0n) is 15.5. The zero-order valence-corrected chi connectivity index (χ0v) is 17.0. The number of methoxy groups -OCH3 is 1. The van der Waals surface area contributed by atoms with Gasteiger partial charge in [-0.1, -0.05) is 29.3 Å². The summed E-state index contributed by atoms with van der Waals surface area (Å²) in [6.07, 6.45) is -4.02. The van der Waals surface area contributed by atoms with Gasteiger partial charge < -0.3 is 4.74 Å². The topological polar surface area (TPSA) is 71.3 Å². The van der Waals surface area contributed by atoms with Crippen molar-refractivity contribution in [3.8, 4) is 6.07 Å². The number of nitrogens with zero attached hydrogens (tertiary/aromatic N) is 1. The average molecular weight is 457 g/mol. The number of hydroxylamine groups is 1. The number of carbonyl (C=O) groups excluding carboxylic acids is 1.